The van der Waals surface area contributed by atoms with Crippen LogP contribution in [0.25, 0.3) is 0 Å². The van der Waals surface area contributed by atoms with Crippen LogP contribution in [-0.2, 0) is 4.79 Å². The normalized spacial score (nSPS) is 28.9. The average Bonchev–Trinajstić information content (AvgIpc) is 2.25. The van der Waals surface area contributed by atoms with E-state index in [1.165, 1.54) is 0 Å². The highest BCUT2D eigenvalue weighted by molar-refractivity contribution is 5.66. The summed E-state index contributed by atoms with van der Waals surface area (Å²) in [7, 11) is 1.91. The zero-order valence-corrected chi connectivity index (χ0v) is 10.0. The van der Waals surface area contributed by atoms with Crippen molar-refractivity contribution >= 4 is 5.97 Å². The van der Waals surface area contributed by atoms with Gasteiger partial charge in [0.05, 0.1) is 12.5 Å². The number of likely N-dealkylation sites (tertiary alicyclic amines) is 1. The Bertz CT molecular complexity index is 233. The van der Waals surface area contributed by atoms with Crippen molar-refractivity contribution in [3.05, 3.63) is 0 Å². The fourth-order valence-electron chi connectivity index (χ4n) is 2.23. The molecular formula is C11H22N2O3. The highest BCUT2D eigenvalue weighted by Crippen LogP contribution is 2.20. The Kier molecular flexibility index (Phi) is 5.18. The van der Waals surface area contributed by atoms with Crippen molar-refractivity contribution in [2.75, 3.05) is 26.7 Å². The van der Waals surface area contributed by atoms with Gasteiger partial charge in [-0.05, 0) is 26.3 Å². The van der Waals surface area contributed by atoms with Crippen LogP contribution in [0.2, 0.25) is 0 Å². The number of aliphatic hydroxyl groups is 1. The molecule has 1 fully saturated rings. The van der Waals surface area contributed by atoms with Crippen molar-refractivity contribution in [3.63, 3.8) is 0 Å². The third-order valence-electron chi connectivity index (χ3n) is 3.29. The van der Waals surface area contributed by atoms with E-state index in [2.05, 4.69) is 10.2 Å². The maximum atomic E-state index is 10.5. The zero-order valence-electron chi connectivity index (χ0n) is 10.0. The molecule has 1 saturated heterocycles. The third-order valence-corrected chi connectivity index (χ3v) is 3.29. The summed E-state index contributed by atoms with van der Waals surface area (Å²) in [5.74, 6) is -0.528. The highest BCUT2D eigenvalue weighted by atomic mass is 16.4. The van der Waals surface area contributed by atoms with E-state index in [1.807, 2.05) is 7.05 Å². The number of piperidine rings is 1. The third kappa shape index (κ3) is 4.08. The molecule has 5 nitrogen and oxygen atoms in total. The van der Waals surface area contributed by atoms with E-state index in [0.29, 0.717) is 12.6 Å². The number of likely N-dealkylation sites (N-methyl/N-ethyl adjacent to an activating group) is 1. The monoisotopic (exact) mass is 230 g/mol. The lowest BCUT2D eigenvalue weighted by atomic mass is 9.90. The van der Waals surface area contributed by atoms with E-state index >= 15 is 0 Å². The SMILES string of the molecule is CNC1CC(C(C)O)CN(CCC(=O)O)C1. The molecule has 1 aliphatic heterocycles. The first-order valence-corrected chi connectivity index (χ1v) is 5.82. The first-order chi connectivity index (χ1) is 7.52. The van der Waals surface area contributed by atoms with Gasteiger partial charge in [0.2, 0.25) is 0 Å². The number of hydrogen-bond acceptors (Lipinski definition) is 4. The summed E-state index contributed by atoms with van der Waals surface area (Å²) < 4.78 is 0. The predicted molar refractivity (Wildman–Crippen MR) is 61.3 cm³/mol. The van der Waals surface area contributed by atoms with Gasteiger partial charge < -0.3 is 20.4 Å². The molecule has 3 N–H and O–H groups in total. The van der Waals surface area contributed by atoms with Gasteiger partial charge in [-0.25, -0.2) is 0 Å². The van der Waals surface area contributed by atoms with Gasteiger partial charge in [-0.15, -0.1) is 0 Å². The topological polar surface area (TPSA) is 72.8 Å². The van der Waals surface area contributed by atoms with Gasteiger partial charge in [-0.1, -0.05) is 0 Å². The predicted octanol–water partition coefficient (Wildman–Crippen LogP) is -0.248. The number of carbonyl (C=O) groups is 1. The number of aliphatic carboxylic acids is 1. The number of carboxylic acids is 1. The van der Waals surface area contributed by atoms with Crippen molar-refractivity contribution in [1.82, 2.24) is 10.2 Å². The molecule has 1 aliphatic rings. The maximum absolute atomic E-state index is 10.5. The molecule has 0 aromatic rings. The first-order valence-electron chi connectivity index (χ1n) is 5.82. The molecule has 0 aliphatic carbocycles. The van der Waals surface area contributed by atoms with Crippen molar-refractivity contribution in [2.45, 2.75) is 31.9 Å². The Morgan fingerprint density at radius 3 is 2.75 bits per heavy atom. The summed E-state index contributed by atoms with van der Waals surface area (Å²) in [5, 5.41) is 21.5. The Labute approximate surface area is 96.4 Å². The van der Waals surface area contributed by atoms with Crippen molar-refractivity contribution in [3.8, 4) is 0 Å². The second-order valence-corrected chi connectivity index (χ2v) is 4.63. The van der Waals surface area contributed by atoms with Gasteiger partial charge in [0.1, 0.15) is 0 Å². The summed E-state index contributed by atoms with van der Waals surface area (Å²) >= 11 is 0. The number of carboxylic acid groups (broad SMARTS) is 1. The molecule has 94 valence electrons. The summed E-state index contributed by atoms with van der Waals surface area (Å²) in [6.45, 7) is 4.03. The molecule has 0 aromatic heterocycles. The van der Waals surface area contributed by atoms with Gasteiger partial charge in [0.25, 0.3) is 0 Å². The number of aliphatic hydroxyl groups excluding tert-OH is 1. The lowest BCUT2D eigenvalue weighted by Gasteiger charge is -2.38. The van der Waals surface area contributed by atoms with Crippen molar-refractivity contribution in [1.29, 1.82) is 0 Å². The molecule has 0 radical (unpaired) electrons. The van der Waals surface area contributed by atoms with Crippen molar-refractivity contribution in [2.24, 2.45) is 5.92 Å². The van der Waals surface area contributed by atoms with Crippen LogP contribution in [0.4, 0.5) is 0 Å². The Morgan fingerprint density at radius 1 is 1.56 bits per heavy atom. The van der Waals surface area contributed by atoms with Crippen LogP contribution in [0.5, 0.6) is 0 Å². The van der Waals surface area contributed by atoms with Crippen molar-refractivity contribution < 1.29 is 15.0 Å². The largest absolute Gasteiger partial charge is 0.481 e. The average molecular weight is 230 g/mol. The standard InChI is InChI=1S/C11H22N2O3/c1-8(14)9-5-10(12-2)7-13(6-9)4-3-11(15)16/h8-10,12,14H,3-7H2,1-2H3,(H,15,16). The molecule has 3 unspecified atom stereocenters. The second kappa shape index (κ2) is 6.18. The smallest absolute Gasteiger partial charge is 0.304 e. The first kappa shape index (κ1) is 13.4. The van der Waals surface area contributed by atoms with Gasteiger partial charge in [0.15, 0.2) is 0 Å². The molecule has 0 bridgehead atoms. The number of hydrogen-bond donors (Lipinski definition) is 3. The fourth-order valence-corrected chi connectivity index (χ4v) is 2.23. The minimum absolute atomic E-state index is 0.170. The quantitative estimate of drug-likeness (QED) is 0.607. The molecular weight excluding hydrogens is 208 g/mol. The molecule has 1 heterocycles. The summed E-state index contributed by atoms with van der Waals surface area (Å²) in [6, 6.07) is 0.349. The number of nitrogens with zero attached hydrogens (tertiary/aromatic N) is 1. The van der Waals surface area contributed by atoms with Gasteiger partial charge in [-0.3, -0.25) is 4.79 Å². The minimum Gasteiger partial charge on any atom is -0.481 e. The lowest BCUT2D eigenvalue weighted by Crippen LogP contribution is -2.50. The summed E-state index contributed by atoms with van der Waals surface area (Å²) in [5.41, 5.74) is 0. The van der Waals surface area contributed by atoms with E-state index in [-0.39, 0.29) is 18.4 Å². The van der Waals surface area contributed by atoms with Crippen LogP contribution < -0.4 is 5.32 Å². The van der Waals surface area contributed by atoms with E-state index in [1.54, 1.807) is 6.92 Å². The Hall–Kier alpha value is -0.650. The Morgan fingerprint density at radius 2 is 2.25 bits per heavy atom. The molecule has 5 heteroatoms. The van der Waals surface area contributed by atoms with Crippen LogP contribution in [0.1, 0.15) is 19.8 Å². The van der Waals surface area contributed by atoms with Gasteiger partial charge in [0, 0.05) is 25.7 Å². The highest BCUT2D eigenvalue weighted by Gasteiger charge is 2.28. The Balaban J connectivity index is 2.47. The van der Waals surface area contributed by atoms with E-state index in [0.717, 1.165) is 19.5 Å². The molecule has 0 spiro atoms. The van der Waals surface area contributed by atoms with Crippen LogP contribution in [0.15, 0.2) is 0 Å². The van der Waals surface area contributed by atoms with Crippen LogP contribution in [-0.4, -0.2) is 59.9 Å². The minimum atomic E-state index is -0.764. The van der Waals surface area contributed by atoms with E-state index in [9.17, 15) is 9.90 Å². The number of nitrogens with one attached hydrogen (secondary N) is 1. The van der Waals surface area contributed by atoms with E-state index in [4.69, 9.17) is 5.11 Å². The van der Waals surface area contributed by atoms with Crippen LogP contribution in [0, 0.1) is 5.92 Å². The maximum Gasteiger partial charge on any atom is 0.304 e. The lowest BCUT2D eigenvalue weighted by molar-refractivity contribution is -0.137. The zero-order chi connectivity index (χ0) is 12.1. The molecule has 0 aromatic carbocycles. The molecule has 1 rings (SSSR count). The van der Waals surface area contributed by atoms with Crippen LogP contribution in [0.3, 0.4) is 0 Å². The summed E-state index contributed by atoms with van der Waals surface area (Å²) in [4.78, 5) is 12.6. The molecule has 16 heavy (non-hydrogen) atoms. The van der Waals surface area contributed by atoms with Gasteiger partial charge in [-0.2, -0.15) is 0 Å². The second-order valence-electron chi connectivity index (χ2n) is 4.63. The van der Waals surface area contributed by atoms with E-state index < -0.39 is 5.97 Å². The van der Waals surface area contributed by atoms with Gasteiger partial charge >= 0.3 is 5.97 Å². The molecule has 0 amide bonds. The fraction of sp³-hybridized carbons (Fsp3) is 0.909. The molecule has 0 saturated carbocycles. The van der Waals surface area contributed by atoms with Crippen LogP contribution >= 0.6 is 0 Å². The number of rotatable bonds is 5. The summed E-state index contributed by atoms with van der Waals surface area (Å²) in [6.07, 6.45) is 0.796. The molecule has 3 atom stereocenters.